The molecule has 1 N–H and O–H groups in total. The first-order valence-corrected chi connectivity index (χ1v) is 7.55. The van der Waals surface area contributed by atoms with Crippen molar-refractivity contribution in [2.75, 3.05) is 6.54 Å². The van der Waals surface area contributed by atoms with Gasteiger partial charge in [0.15, 0.2) is 5.82 Å². The SMILES string of the molecule is Cc1noc(C)c1CC(=O)NCCc1noc(-c2cccnc2)n1. The molecule has 3 aromatic rings. The van der Waals surface area contributed by atoms with Crippen molar-refractivity contribution < 1.29 is 13.8 Å². The van der Waals surface area contributed by atoms with Crippen LogP contribution >= 0.6 is 0 Å². The number of carbonyl (C=O) groups excluding carboxylic acids is 1. The van der Waals surface area contributed by atoms with E-state index < -0.39 is 0 Å². The zero-order valence-electron chi connectivity index (χ0n) is 13.4. The highest BCUT2D eigenvalue weighted by Gasteiger charge is 2.14. The van der Waals surface area contributed by atoms with Gasteiger partial charge in [-0.3, -0.25) is 9.78 Å². The summed E-state index contributed by atoms with van der Waals surface area (Å²) < 4.78 is 10.2. The van der Waals surface area contributed by atoms with Crippen LogP contribution in [-0.2, 0) is 17.6 Å². The Bertz CT molecular complexity index is 806. The lowest BCUT2D eigenvalue weighted by molar-refractivity contribution is -0.120. The second-order valence-electron chi connectivity index (χ2n) is 5.34. The van der Waals surface area contributed by atoms with E-state index >= 15 is 0 Å². The largest absolute Gasteiger partial charge is 0.361 e. The zero-order chi connectivity index (χ0) is 16.9. The van der Waals surface area contributed by atoms with Crippen molar-refractivity contribution in [3.63, 3.8) is 0 Å². The molecule has 24 heavy (non-hydrogen) atoms. The van der Waals surface area contributed by atoms with Gasteiger partial charge >= 0.3 is 0 Å². The highest BCUT2D eigenvalue weighted by atomic mass is 16.5. The van der Waals surface area contributed by atoms with Gasteiger partial charge in [0.1, 0.15) is 5.76 Å². The Kier molecular flexibility index (Phi) is 4.64. The smallest absolute Gasteiger partial charge is 0.259 e. The summed E-state index contributed by atoms with van der Waals surface area (Å²) in [4.78, 5) is 20.3. The van der Waals surface area contributed by atoms with E-state index in [0.29, 0.717) is 30.4 Å². The number of aryl methyl sites for hydroxylation is 2. The maximum Gasteiger partial charge on any atom is 0.259 e. The molecule has 0 saturated heterocycles. The van der Waals surface area contributed by atoms with E-state index in [1.54, 1.807) is 25.4 Å². The highest BCUT2D eigenvalue weighted by Crippen LogP contribution is 2.15. The van der Waals surface area contributed by atoms with Gasteiger partial charge in [-0.2, -0.15) is 4.98 Å². The van der Waals surface area contributed by atoms with Crippen molar-refractivity contribution in [1.29, 1.82) is 0 Å². The quantitative estimate of drug-likeness (QED) is 0.733. The molecule has 3 heterocycles. The summed E-state index contributed by atoms with van der Waals surface area (Å²) in [7, 11) is 0. The monoisotopic (exact) mass is 327 g/mol. The minimum atomic E-state index is -0.0969. The first-order valence-electron chi connectivity index (χ1n) is 7.55. The third-order valence-corrected chi connectivity index (χ3v) is 3.57. The molecule has 8 nitrogen and oxygen atoms in total. The number of rotatable bonds is 6. The number of nitrogens with one attached hydrogen (secondary N) is 1. The summed E-state index contributed by atoms with van der Waals surface area (Å²) in [5.74, 6) is 1.52. The number of pyridine rings is 1. The zero-order valence-corrected chi connectivity index (χ0v) is 13.4. The van der Waals surface area contributed by atoms with E-state index in [4.69, 9.17) is 9.05 Å². The predicted octanol–water partition coefficient (Wildman–Crippen LogP) is 1.64. The van der Waals surface area contributed by atoms with Crippen LogP contribution in [0.25, 0.3) is 11.5 Å². The topological polar surface area (TPSA) is 107 Å². The van der Waals surface area contributed by atoms with Crippen LogP contribution < -0.4 is 5.32 Å². The van der Waals surface area contributed by atoms with Crippen molar-refractivity contribution in [1.82, 2.24) is 25.6 Å². The molecule has 0 unspecified atom stereocenters. The Labute approximate surface area is 138 Å². The maximum atomic E-state index is 12.0. The van der Waals surface area contributed by atoms with Gasteiger partial charge in [-0.1, -0.05) is 10.3 Å². The van der Waals surface area contributed by atoms with E-state index in [1.807, 2.05) is 13.0 Å². The number of amides is 1. The van der Waals surface area contributed by atoms with E-state index in [9.17, 15) is 4.79 Å². The van der Waals surface area contributed by atoms with Crippen LogP contribution in [0.15, 0.2) is 33.6 Å². The molecule has 0 spiro atoms. The summed E-state index contributed by atoms with van der Waals surface area (Å²) in [5.41, 5.74) is 2.33. The molecule has 124 valence electrons. The first-order chi connectivity index (χ1) is 11.6. The molecule has 0 aliphatic rings. The minimum Gasteiger partial charge on any atom is -0.361 e. The molecule has 0 atom stereocenters. The third-order valence-electron chi connectivity index (χ3n) is 3.57. The van der Waals surface area contributed by atoms with Crippen molar-refractivity contribution in [3.8, 4) is 11.5 Å². The number of hydrogen-bond donors (Lipinski definition) is 1. The van der Waals surface area contributed by atoms with Gasteiger partial charge in [0.2, 0.25) is 5.91 Å². The third kappa shape index (κ3) is 3.65. The summed E-state index contributed by atoms with van der Waals surface area (Å²) in [6.07, 6.45) is 4.06. The number of nitrogens with zero attached hydrogens (tertiary/aromatic N) is 4. The summed E-state index contributed by atoms with van der Waals surface area (Å²) in [5, 5.41) is 10.6. The molecule has 0 bridgehead atoms. The second-order valence-corrected chi connectivity index (χ2v) is 5.34. The molecular formula is C16H17N5O3. The lowest BCUT2D eigenvalue weighted by Gasteiger charge is -2.03. The van der Waals surface area contributed by atoms with Crippen LogP contribution in [0.2, 0.25) is 0 Å². The fourth-order valence-electron chi connectivity index (χ4n) is 2.25. The predicted molar refractivity (Wildman–Crippen MR) is 83.9 cm³/mol. The summed E-state index contributed by atoms with van der Waals surface area (Å²) >= 11 is 0. The van der Waals surface area contributed by atoms with Gasteiger partial charge in [0.05, 0.1) is 17.7 Å². The minimum absolute atomic E-state index is 0.0969. The average Bonchev–Trinajstić information content (AvgIpc) is 3.18. The van der Waals surface area contributed by atoms with Crippen molar-refractivity contribution in [2.45, 2.75) is 26.7 Å². The highest BCUT2D eigenvalue weighted by molar-refractivity contribution is 5.78. The second kappa shape index (κ2) is 7.03. The van der Waals surface area contributed by atoms with E-state index in [1.165, 1.54) is 0 Å². The van der Waals surface area contributed by atoms with Crippen LogP contribution in [0.4, 0.5) is 0 Å². The average molecular weight is 327 g/mol. The van der Waals surface area contributed by atoms with Crippen molar-refractivity contribution in [3.05, 3.63) is 47.4 Å². The number of carbonyl (C=O) groups is 1. The lowest BCUT2D eigenvalue weighted by atomic mass is 10.1. The Balaban J connectivity index is 1.50. The Morgan fingerprint density at radius 3 is 2.83 bits per heavy atom. The van der Waals surface area contributed by atoms with Gasteiger partial charge in [-0.05, 0) is 26.0 Å². The van der Waals surface area contributed by atoms with Crippen LogP contribution in [0.1, 0.15) is 22.8 Å². The van der Waals surface area contributed by atoms with Gasteiger partial charge in [-0.25, -0.2) is 0 Å². The molecule has 0 aromatic carbocycles. The van der Waals surface area contributed by atoms with Crippen LogP contribution in [-0.4, -0.2) is 32.7 Å². The van der Waals surface area contributed by atoms with Gasteiger partial charge < -0.3 is 14.4 Å². The Morgan fingerprint density at radius 2 is 2.12 bits per heavy atom. The van der Waals surface area contributed by atoms with Gasteiger partial charge in [0, 0.05) is 30.9 Å². The first kappa shape index (κ1) is 15.9. The molecule has 0 radical (unpaired) electrons. The molecule has 1 amide bonds. The molecule has 0 aliphatic heterocycles. The Hall–Kier alpha value is -3.03. The molecule has 0 saturated carbocycles. The standard InChI is InChI=1S/C16H17N5O3/c1-10-13(11(2)23-20-10)8-15(22)18-7-5-14-19-16(24-21-14)12-4-3-6-17-9-12/h3-4,6,9H,5,7-8H2,1-2H3,(H,18,22). The maximum absolute atomic E-state index is 12.0. The summed E-state index contributed by atoms with van der Waals surface area (Å²) in [6, 6.07) is 3.64. The van der Waals surface area contributed by atoms with E-state index in [-0.39, 0.29) is 12.3 Å². The van der Waals surface area contributed by atoms with Crippen LogP contribution in [0.3, 0.4) is 0 Å². The molecule has 3 rings (SSSR count). The molecule has 3 aromatic heterocycles. The van der Waals surface area contributed by atoms with E-state index in [2.05, 4.69) is 25.6 Å². The molecule has 0 fully saturated rings. The van der Waals surface area contributed by atoms with Gasteiger partial charge in [0.25, 0.3) is 5.89 Å². The van der Waals surface area contributed by atoms with E-state index in [0.717, 1.165) is 16.8 Å². The normalized spacial score (nSPS) is 10.8. The molecule has 0 aliphatic carbocycles. The molecular weight excluding hydrogens is 310 g/mol. The fourth-order valence-corrected chi connectivity index (χ4v) is 2.25. The fraction of sp³-hybridized carbons (Fsp3) is 0.312. The summed E-state index contributed by atoms with van der Waals surface area (Å²) in [6.45, 7) is 4.04. The van der Waals surface area contributed by atoms with Crippen molar-refractivity contribution in [2.24, 2.45) is 0 Å². The molecule has 8 heteroatoms. The number of hydrogen-bond acceptors (Lipinski definition) is 7. The van der Waals surface area contributed by atoms with Crippen molar-refractivity contribution >= 4 is 5.91 Å². The van der Waals surface area contributed by atoms with Gasteiger partial charge in [-0.15, -0.1) is 0 Å². The Morgan fingerprint density at radius 1 is 1.25 bits per heavy atom. The number of aromatic nitrogens is 4. The van der Waals surface area contributed by atoms with Crippen LogP contribution in [0, 0.1) is 13.8 Å². The lowest BCUT2D eigenvalue weighted by Crippen LogP contribution is -2.27. The van der Waals surface area contributed by atoms with Crippen LogP contribution in [0.5, 0.6) is 0 Å².